The van der Waals surface area contributed by atoms with Crippen LogP contribution in [0.15, 0.2) is 47.5 Å². The lowest BCUT2D eigenvalue weighted by Crippen LogP contribution is -2.45. The topological polar surface area (TPSA) is 15.6 Å². The van der Waals surface area contributed by atoms with Crippen LogP contribution in [0.1, 0.15) is 56.4 Å². The first-order chi connectivity index (χ1) is 12.3. The van der Waals surface area contributed by atoms with Gasteiger partial charge in [-0.15, -0.1) is 0 Å². The standard InChI is InChI=1S/C24H30N2/c1-7-11-26-23-13-18(3)20(14-22(23)19(4)15-24(26,5)6)16-25-21-10-8-9-17(2)12-21/h8-10,12-16H,7,11H2,1-6H3. The predicted octanol–water partition coefficient (Wildman–Crippen LogP) is 6.47. The lowest BCUT2D eigenvalue weighted by atomic mass is 9.87. The quantitative estimate of drug-likeness (QED) is 0.580. The number of hydrogen-bond acceptors (Lipinski definition) is 2. The molecule has 0 spiro atoms. The van der Waals surface area contributed by atoms with Crippen molar-refractivity contribution in [1.82, 2.24) is 0 Å². The number of aliphatic imine (C=N–C) groups is 1. The maximum Gasteiger partial charge on any atom is 0.0632 e. The normalized spacial score (nSPS) is 15.9. The molecule has 0 aromatic heterocycles. The molecule has 0 saturated heterocycles. The Kier molecular flexibility index (Phi) is 5.04. The van der Waals surface area contributed by atoms with Crippen molar-refractivity contribution in [2.45, 2.75) is 53.5 Å². The van der Waals surface area contributed by atoms with Gasteiger partial charge in [0.2, 0.25) is 0 Å². The van der Waals surface area contributed by atoms with Crippen molar-refractivity contribution in [1.29, 1.82) is 0 Å². The second-order valence-corrected chi connectivity index (χ2v) is 7.96. The number of benzene rings is 2. The first kappa shape index (κ1) is 18.4. The third kappa shape index (κ3) is 3.60. The Morgan fingerprint density at radius 1 is 1.08 bits per heavy atom. The number of aryl methyl sites for hydroxylation is 2. The molecule has 26 heavy (non-hydrogen) atoms. The average Bonchev–Trinajstić information content (AvgIpc) is 2.57. The van der Waals surface area contributed by atoms with Crippen LogP contribution in [0.4, 0.5) is 11.4 Å². The van der Waals surface area contributed by atoms with Crippen molar-refractivity contribution in [3.05, 3.63) is 64.7 Å². The minimum atomic E-state index is 0.0523. The van der Waals surface area contributed by atoms with Gasteiger partial charge in [-0.1, -0.05) is 25.1 Å². The molecule has 0 atom stereocenters. The zero-order chi connectivity index (χ0) is 18.9. The van der Waals surface area contributed by atoms with E-state index in [4.69, 9.17) is 4.99 Å². The predicted molar refractivity (Wildman–Crippen MR) is 115 cm³/mol. The number of hydrogen-bond donors (Lipinski definition) is 0. The Bertz CT molecular complexity index is 872. The van der Waals surface area contributed by atoms with E-state index in [0.717, 1.165) is 18.7 Å². The molecule has 0 aliphatic carbocycles. The zero-order valence-electron chi connectivity index (χ0n) is 16.9. The van der Waals surface area contributed by atoms with E-state index in [1.807, 2.05) is 12.3 Å². The van der Waals surface area contributed by atoms with Crippen LogP contribution in [0.5, 0.6) is 0 Å². The molecule has 2 nitrogen and oxygen atoms in total. The molecule has 0 fully saturated rings. The fourth-order valence-electron chi connectivity index (χ4n) is 3.87. The molecule has 0 radical (unpaired) electrons. The van der Waals surface area contributed by atoms with Crippen molar-refractivity contribution in [2.24, 2.45) is 4.99 Å². The summed E-state index contributed by atoms with van der Waals surface area (Å²) in [5.41, 5.74) is 8.78. The Labute approximate surface area is 158 Å². The summed E-state index contributed by atoms with van der Waals surface area (Å²) in [5.74, 6) is 0. The third-order valence-electron chi connectivity index (χ3n) is 5.17. The summed E-state index contributed by atoms with van der Waals surface area (Å²) in [5, 5.41) is 0. The minimum Gasteiger partial charge on any atom is -0.362 e. The van der Waals surface area contributed by atoms with Crippen molar-refractivity contribution in [3.63, 3.8) is 0 Å². The van der Waals surface area contributed by atoms with Gasteiger partial charge in [0.1, 0.15) is 0 Å². The first-order valence-corrected chi connectivity index (χ1v) is 9.54. The Balaban J connectivity index is 2.03. The van der Waals surface area contributed by atoms with Crippen LogP contribution in [0.25, 0.3) is 5.57 Å². The van der Waals surface area contributed by atoms with Gasteiger partial charge in [-0.25, -0.2) is 0 Å². The van der Waals surface area contributed by atoms with E-state index in [1.165, 1.54) is 33.5 Å². The smallest absolute Gasteiger partial charge is 0.0632 e. The van der Waals surface area contributed by atoms with Crippen molar-refractivity contribution < 1.29 is 0 Å². The van der Waals surface area contributed by atoms with Gasteiger partial charge in [-0.05, 0) is 87.6 Å². The number of rotatable bonds is 4. The summed E-state index contributed by atoms with van der Waals surface area (Å²) in [6.45, 7) is 14.4. The van der Waals surface area contributed by atoms with E-state index in [9.17, 15) is 0 Å². The van der Waals surface area contributed by atoms with Gasteiger partial charge in [0, 0.05) is 24.0 Å². The molecule has 0 bridgehead atoms. The Hall–Kier alpha value is -2.35. The average molecular weight is 347 g/mol. The van der Waals surface area contributed by atoms with Crippen LogP contribution in [-0.2, 0) is 0 Å². The van der Waals surface area contributed by atoms with Crippen LogP contribution in [0, 0.1) is 13.8 Å². The number of fused-ring (bicyclic) bond motifs is 1. The second-order valence-electron chi connectivity index (χ2n) is 7.96. The summed E-state index contributed by atoms with van der Waals surface area (Å²) >= 11 is 0. The van der Waals surface area contributed by atoms with Crippen LogP contribution >= 0.6 is 0 Å². The molecule has 1 heterocycles. The summed E-state index contributed by atoms with van der Waals surface area (Å²) in [6, 6.07) is 12.9. The van der Waals surface area contributed by atoms with Gasteiger partial charge < -0.3 is 4.90 Å². The van der Waals surface area contributed by atoms with E-state index in [2.05, 4.69) is 82.9 Å². The number of allylic oxidation sites excluding steroid dienone is 1. The summed E-state index contributed by atoms with van der Waals surface area (Å²) < 4.78 is 0. The van der Waals surface area contributed by atoms with Gasteiger partial charge in [-0.3, -0.25) is 4.99 Å². The van der Waals surface area contributed by atoms with Crippen LogP contribution in [0.3, 0.4) is 0 Å². The number of anilines is 1. The lowest BCUT2D eigenvalue weighted by Gasteiger charge is -2.43. The molecule has 1 aliphatic rings. The highest BCUT2D eigenvalue weighted by molar-refractivity contribution is 5.90. The monoisotopic (exact) mass is 346 g/mol. The van der Waals surface area contributed by atoms with Crippen LogP contribution in [0.2, 0.25) is 0 Å². The van der Waals surface area contributed by atoms with E-state index >= 15 is 0 Å². The SMILES string of the molecule is CCCN1c2cc(C)c(C=Nc3cccc(C)c3)cc2C(C)=CC1(C)C. The Morgan fingerprint density at radius 2 is 1.85 bits per heavy atom. The van der Waals surface area contributed by atoms with E-state index < -0.39 is 0 Å². The van der Waals surface area contributed by atoms with Crippen molar-refractivity contribution >= 4 is 23.2 Å². The van der Waals surface area contributed by atoms with E-state index in [0.29, 0.717) is 0 Å². The van der Waals surface area contributed by atoms with Gasteiger partial charge in [0.25, 0.3) is 0 Å². The van der Waals surface area contributed by atoms with E-state index in [1.54, 1.807) is 0 Å². The molecule has 2 aromatic carbocycles. The fourth-order valence-corrected chi connectivity index (χ4v) is 3.87. The van der Waals surface area contributed by atoms with Crippen LogP contribution < -0.4 is 4.90 Å². The summed E-state index contributed by atoms with van der Waals surface area (Å²) in [4.78, 5) is 7.23. The highest BCUT2D eigenvalue weighted by atomic mass is 15.2. The highest BCUT2D eigenvalue weighted by Crippen LogP contribution is 2.40. The molecular formula is C24H30N2. The summed E-state index contributed by atoms with van der Waals surface area (Å²) in [7, 11) is 0. The van der Waals surface area contributed by atoms with Crippen LogP contribution in [-0.4, -0.2) is 18.3 Å². The minimum absolute atomic E-state index is 0.0523. The molecule has 3 rings (SSSR count). The van der Waals surface area contributed by atoms with E-state index in [-0.39, 0.29) is 5.54 Å². The van der Waals surface area contributed by atoms with Crippen molar-refractivity contribution in [2.75, 3.05) is 11.4 Å². The maximum absolute atomic E-state index is 4.70. The molecule has 0 N–H and O–H groups in total. The van der Waals surface area contributed by atoms with Gasteiger partial charge in [0.15, 0.2) is 0 Å². The molecule has 1 aliphatic heterocycles. The summed E-state index contributed by atoms with van der Waals surface area (Å²) in [6.07, 6.45) is 5.54. The van der Waals surface area contributed by atoms with Crippen molar-refractivity contribution in [3.8, 4) is 0 Å². The molecule has 0 saturated carbocycles. The zero-order valence-corrected chi connectivity index (χ0v) is 16.9. The molecule has 0 unspecified atom stereocenters. The van der Waals surface area contributed by atoms with Gasteiger partial charge in [-0.2, -0.15) is 0 Å². The second kappa shape index (κ2) is 7.11. The molecule has 0 amide bonds. The first-order valence-electron chi connectivity index (χ1n) is 9.54. The highest BCUT2D eigenvalue weighted by Gasteiger charge is 2.30. The largest absolute Gasteiger partial charge is 0.362 e. The molecule has 136 valence electrons. The fraction of sp³-hybridized carbons (Fsp3) is 0.375. The third-order valence-corrected chi connectivity index (χ3v) is 5.17. The number of nitrogens with zero attached hydrogens (tertiary/aromatic N) is 2. The van der Waals surface area contributed by atoms with Gasteiger partial charge in [0.05, 0.1) is 11.2 Å². The molecular weight excluding hydrogens is 316 g/mol. The maximum atomic E-state index is 4.70. The molecule has 2 heteroatoms. The lowest BCUT2D eigenvalue weighted by molar-refractivity contribution is 0.550. The Morgan fingerprint density at radius 3 is 2.54 bits per heavy atom. The molecule has 2 aromatic rings. The van der Waals surface area contributed by atoms with Gasteiger partial charge >= 0.3 is 0 Å².